The number of nitrogens with zero attached hydrogens (tertiary/aromatic N) is 1. The average molecular weight is 507 g/mol. The van der Waals surface area contributed by atoms with E-state index in [-0.39, 0.29) is 11.3 Å². The standard InChI is InChI=1S/C19H14F9NO3S/c1-12(13-8-10-15(32-2)11-9-13)29(14-6-4-3-5-7-14)33(30,31)19(27,28)17(22,23)16(20,21)18(24,25)26/h3-11H,1H2,2H3. The zero-order valence-corrected chi connectivity index (χ0v) is 17.2. The minimum absolute atomic E-state index is 0.211. The molecule has 0 aliphatic rings. The molecule has 182 valence electrons. The monoisotopic (exact) mass is 507 g/mol. The maximum atomic E-state index is 14.5. The highest BCUT2D eigenvalue weighted by Gasteiger charge is 2.86. The van der Waals surface area contributed by atoms with Crippen LogP contribution in [0, 0.1) is 0 Å². The molecule has 0 bridgehead atoms. The molecule has 33 heavy (non-hydrogen) atoms. The third-order valence-electron chi connectivity index (χ3n) is 4.34. The van der Waals surface area contributed by atoms with E-state index in [2.05, 4.69) is 6.58 Å². The fourth-order valence-electron chi connectivity index (χ4n) is 2.54. The van der Waals surface area contributed by atoms with Crippen molar-refractivity contribution in [2.75, 3.05) is 11.4 Å². The van der Waals surface area contributed by atoms with E-state index < -0.39 is 49.0 Å². The molecular formula is C19H14F9NO3S. The molecule has 2 rings (SSSR count). The second kappa shape index (κ2) is 8.47. The normalized spacial score (nSPS) is 13.5. The summed E-state index contributed by atoms with van der Waals surface area (Å²) in [7, 11) is -5.72. The highest BCUT2D eigenvalue weighted by atomic mass is 32.2. The summed E-state index contributed by atoms with van der Waals surface area (Å²) < 4.78 is 151. The number of anilines is 1. The van der Waals surface area contributed by atoms with Gasteiger partial charge in [-0.2, -0.15) is 47.9 Å². The summed E-state index contributed by atoms with van der Waals surface area (Å²) in [5.41, 5.74) is -1.98. The maximum Gasteiger partial charge on any atom is 0.460 e. The predicted octanol–water partition coefficient (Wildman–Crippen LogP) is 5.93. The molecule has 0 fully saturated rings. The summed E-state index contributed by atoms with van der Waals surface area (Å²) >= 11 is 0. The smallest absolute Gasteiger partial charge is 0.460 e. The zero-order valence-electron chi connectivity index (χ0n) is 16.4. The van der Waals surface area contributed by atoms with Gasteiger partial charge in [-0.15, -0.1) is 0 Å². The number of halogens is 9. The minimum Gasteiger partial charge on any atom is -0.497 e. The van der Waals surface area contributed by atoms with Crippen molar-refractivity contribution in [2.24, 2.45) is 0 Å². The number of ether oxygens (including phenoxy) is 1. The number of alkyl halides is 9. The lowest BCUT2D eigenvalue weighted by atomic mass is 10.1. The Balaban J connectivity index is 2.73. The topological polar surface area (TPSA) is 46.6 Å². The van der Waals surface area contributed by atoms with Gasteiger partial charge in [0, 0.05) is 0 Å². The van der Waals surface area contributed by atoms with Crippen LogP contribution in [0.1, 0.15) is 5.56 Å². The van der Waals surface area contributed by atoms with Gasteiger partial charge in [-0.05, 0) is 42.0 Å². The molecule has 0 radical (unpaired) electrons. The molecular weight excluding hydrogens is 493 g/mol. The van der Waals surface area contributed by atoms with Crippen LogP contribution in [0.3, 0.4) is 0 Å². The quantitative estimate of drug-likeness (QED) is 0.417. The molecule has 0 aromatic heterocycles. The Hall–Kier alpha value is -2.90. The van der Waals surface area contributed by atoms with Gasteiger partial charge >= 0.3 is 33.3 Å². The van der Waals surface area contributed by atoms with E-state index in [1.54, 1.807) is 0 Å². The van der Waals surface area contributed by atoms with E-state index in [1.165, 1.54) is 25.3 Å². The molecule has 0 N–H and O–H groups in total. The second-order valence-corrected chi connectivity index (χ2v) is 8.27. The number of methoxy groups -OCH3 is 1. The highest BCUT2D eigenvalue weighted by molar-refractivity contribution is 7.94. The Morgan fingerprint density at radius 3 is 1.73 bits per heavy atom. The molecule has 0 aliphatic heterocycles. The summed E-state index contributed by atoms with van der Waals surface area (Å²) in [6.45, 7) is 3.25. The number of para-hydroxylation sites is 1. The largest absolute Gasteiger partial charge is 0.497 e. The van der Waals surface area contributed by atoms with Gasteiger partial charge in [-0.25, -0.2) is 4.31 Å². The van der Waals surface area contributed by atoms with Crippen molar-refractivity contribution < 1.29 is 52.7 Å². The van der Waals surface area contributed by atoms with Gasteiger partial charge in [0.15, 0.2) is 0 Å². The molecule has 0 unspecified atom stereocenters. The van der Waals surface area contributed by atoms with Crippen molar-refractivity contribution in [2.45, 2.75) is 23.3 Å². The average Bonchev–Trinajstić information content (AvgIpc) is 2.73. The molecule has 14 heteroatoms. The van der Waals surface area contributed by atoms with E-state index in [1.807, 2.05) is 0 Å². The van der Waals surface area contributed by atoms with Crippen molar-refractivity contribution in [3.8, 4) is 5.75 Å². The lowest BCUT2D eigenvalue weighted by Crippen LogP contribution is -2.65. The van der Waals surface area contributed by atoms with Crippen molar-refractivity contribution in [1.29, 1.82) is 0 Å². The molecule has 2 aromatic rings. The third kappa shape index (κ3) is 4.23. The van der Waals surface area contributed by atoms with Crippen LogP contribution in [0.25, 0.3) is 5.70 Å². The highest BCUT2D eigenvalue weighted by Crippen LogP contribution is 2.56. The summed E-state index contributed by atoms with van der Waals surface area (Å²) in [6.07, 6.45) is -7.18. The lowest BCUT2D eigenvalue weighted by molar-refractivity contribution is -0.382. The van der Waals surface area contributed by atoms with Crippen LogP contribution in [0.4, 0.5) is 45.2 Å². The molecule has 0 saturated carbocycles. The molecule has 0 aliphatic carbocycles. The Bertz CT molecular complexity index is 1100. The molecule has 0 amide bonds. The first-order chi connectivity index (χ1) is 14.9. The molecule has 0 saturated heterocycles. The van der Waals surface area contributed by atoms with Gasteiger partial charge in [-0.1, -0.05) is 24.8 Å². The van der Waals surface area contributed by atoms with E-state index in [4.69, 9.17) is 4.74 Å². The lowest BCUT2D eigenvalue weighted by Gasteiger charge is -2.36. The van der Waals surface area contributed by atoms with Gasteiger partial charge in [-0.3, -0.25) is 0 Å². The fraction of sp³-hybridized carbons (Fsp3) is 0.263. The van der Waals surface area contributed by atoms with Crippen LogP contribution in [0.2, 0.25) is 0 Å². The van der Waals surface area contributed by atoms with Gasteiger partial charge in [0.1, 0.15) is 5.75 Å². The van der Waals surface area contributed by atoms with Gasteiger partial charge in [0.25, 0.3) is 0 Å². The first kappa shape index (κ1) is 26.4. The summed E-state index contributed by atoms with van der Waals surface area (Å²) in [4.78, 5) is 0. The van der Waals surface area contributed by atoms with Crippen molar-refractivity contribution in [3.05, 3.63) is 66.7 Å². The molecule has 2 aromatic carbocycles. The number of rotatable bonds is 8. The Kier molecular flexibility index (Phi) is 6.76. The van der Waals surface area contributed by atoms with Crippen LogP contribution in [-0.4, -0.2) is 38.8 Å². The summed E-state index contributed by atoms with van der Waals surface area (Å²) in [5.74, 6) is -14.6. The summed E-state index contributed by atoms with van der Waals surface area (Å²) in [5, 5.41) is -6.93. The molecule has 0 atom stereocenters. The van der Waals surface area contributed by atoms with E-state index >= 15 is 0 Å². The van der Waals surface area contributed by atoms with Crippen molar-refractivity contribution >= 4 is 21.4 Å². The van der Waals surface area contributed by atoms with Crippen molar-refractivity contribution in [3.63, 3.8) is 0 Å². The second-order valence-electron chi connectivity index (χ2n) is 6.44. The number of sulfonamides is 1. The Morgan fingerprint density at radius 1 is 0.818 bits per heavy atom. The van der Waals surface area contributed by atoms with Gasteiger partial charge < -0.3 is 4.74 Å². The number of hydrogen-bond donors (Lipinski definition) is 0. The summed E-state index contributed by atoms with van der Waals surface area (Å²) in [6, 6.07) is 9.65. The maximum absolute atomic E-state index is 14.5. The minimum atomic E-state index is -7.39. The van der Waals surface area contributed by atoms with Crippen LogP contribution in [-0.2, 0) is 10.0 Å². The van der Waals surface area contributed by atoms with Crippen LogP contribution < -0.4 is 9.04 Å². The third-order valence-corrected chi connectivity index (χ3v) is 6.16. The molecule has 4 nitrogen and oxygen atoms in total. The first-order valence-corrected chi connectivity index (χ1v) is 10.0. The van der Waals surface area contributed by atoms with Crippen LogP contribution in [0.15, 0.2) is 61.2 Å². The SMILES string of the molecule is C=C(c1ccc(OC)cc1)N(c1ccccc1)S(=O)(=O)C(F)(F)C(F)(F)C(F)(F)C(F)(F)F. The molecule has 0 spiro atoms. The Labute approximate surface area is 181 Å². The van der Waals surface area contributed by atoms with Crippen LogP contribution in [0.5, 0.6) is 5.75 Å². The van der Waals surface area contributed by atoms with E-state index in [9.17, 15) is 47.9 Å². The van der Waals surface area contributed by atoms with Crippen molar-refractivity contribution in [1.82, 2.24) is 0 Å². The number of benzene rings is 2. The van der Waals surface area contributed by atoms with E-state index in [0.29, 0.717) is 0 Å². The van der Waals surface area contributed by atoms with Crippen LogP contribution >= 0.6 is 0 Å². The van der Waals surface area contributed by atoms with Gasteiger partial charge in [0.05, 0.1) is 18.5 Å². The predicted molar refractivity (Wildman–Crippen MR) is 101 cm³/mol. The number of hydrogen-bond acceptors (Lipinski definition) is 3. The van der Waals surface area contributed by atoms with Gasteiger partial charge in [0.2, 0.25) is 0 Å². The fourth-order valence-corrected chi connectivity index (χ4v) is 4.02. The zero-order chi connectivity index (χ0) is 25.5. The van der Waals surface area contributed by atoms with E-state index in [0.717, 1.165) is 36.4 Å². The molecule has 0 heterocycles. The first-order valence-electron chi connectivity index (χ1n) is 8.57. The Morgan fingerprint density at radius 2 is 1.30 bits per heavy atom.